The van der Waals surface area contributed by atoms with Gasteiger partial charge in [-0.2, -0.15) is 0 Å². The Morgan fingerprint density at radius 3 is 1.19 bits per heavy atom. The van der Waals surface area contributed by atoms with Crippen LogP contribution in [0.5, 0.6) is 0 Å². The smallest absolute Gasteiger partial charge is 0.418 e. The summed E-state index contributed by atoms with van der Waals surface area (Å²) in [4.78, 5) is 0. The third-order valence-corrected chi connectivity index (χ3v) is 3.92. The van der Waals surface area contributed by atoms with E-state index in [1.165, 1.54) is 33.4 Å². The van der Waals surface area contributed by atoms with Gasteiger partial charge in [-0.25, -0.2) is 0 Å². The van der Waals surface area contributed by atoms with Crippen molar-refractivity contribution < 1.29 is 22.7 Å². The molecule has 0 aromatic heterocycles. The van der Waals surface area contributed by atoms with Crippen LogP contribution in [0.1, 0.15) is 11.1 Å². The van der Waals surface area contributed by atoms with Gasteiger partial charge in [-0.05, 0) is 39.8 Å². The van der Waals surface area contributed by atoms with E-state index >= 15 is 0 Å². The Hall–Kier alpha value is -3.14. The first kappa shape index (κ1) is 19.2. The average Bonchev–Trinajstić information content (AvgIpc) is 2.98. The molecule has 0 saturated heterocycles. The largest absolute Gasteiger partial charge is 0.673 e. The van der Waals surface area contributed by atoms with Crippen molar-refractivity contribution in [3.63, 3.8) is 0 Å². The Morgan fingerprint density at radius 1 is 0.615 bits per heavy atom. The molecule has 7 heteroatoms. The Balaban J connectivity index is 0.000000156. The number of hydrogen-bond acceptors (Lipinski definition) is 1. The first-order valence-electron chi connectivity index (χ1n) is 7.78. The van der Waals surface area contributed by atoms with E-state index in [1.807, 2.05) is 0 Å². The van der Waals surface area contributed by atoms with Crippen molar-refractivity contribution in [3.8, 4) is 22.3 Å². The standard InChI is InChI=1S/C13H10.C6H4.BF4.N2/c1-3-7-12-10(5-1)9-11-6-2-4-8-13(11)12;1-2-6-4-3-5(1)6;2-1(3,4)5;1-2/h1-8H,9H2;1-4H;;/q;;-1;/p+1. The zero-order chi connectivity index (χ0) is 19.2. The number of fused-ring (bicyclic) bond motifs is 4. The maximum absolute atomic E-state index is 9.75. The molecule has 0 bridgehead atoms. The highest BCUT2D eigenvalue weighted by atomic mass is 19.5. The summed E-state index contributed by atoms with van der Waals surface area (Å²) in [6.45, 7) is 0. The molecule has 3 aliphatic carbocycles. The van der Waals surface area contributed by atoms with Gasteiger partial charge in [0.05, 0.1) is 5.39 Å². The monoisotopic (exact) mass is 358 g/mol. The minimum atomic E-state index is -6.00. The molecule has 0 aliphatic heterocycles. The summed E-state index contributed by atoms with van der Waals surface area (Å²) in [6, 6.07) is 25.8. The van der Waals surface area contributed by atoms with Gasteiger partial charge in [0.2, 0.25) is 5.39 Å². The van der Waals surface area contributed by atoms with Crippen LogP contribution in [-0.2, 0) is 6.42 Å². The molecule has 0 fully saturated rings. The summed E-state index contributed by atoms with van der Waals surface area (Å²) in [5, 5.41) is 11.0. The van der Waals surface area contributed by atoms with E-state index in [9.17, 15) is 17.3 Å². The first-order chi connectivity index (χ1) is 12.4. The molecular weight excluding hydrogens is 343 g/mol. The Labute approximate surface area is 148 Å². The van der Waals surface area contributed by atoms with Gasteiger partial charge in [0.25, 0.3) is 0 Å². The fraction of sp³-hybridized carbons (Fsp3) is 0.0526. The minimum absolute atomic E-state index is 1.10. The van der Waals surface area contributed by atoms with E-state index < -0.39 is 7.25 Å². The second-order valence-electron chi connectivity index (χ2n) is 5.56. The maximum Gasteiger partial charge on any atom is 0.673 e. The normalized spacial score (nSPS) is 11.2. The quantitative estimate of drug-likeness (QED) is 0.247. The molecular formula is C19H15BF4N2. The third-order valence-electron chi connectivity index (χ3n) is 3.92. The van der Waals surface area contributed by atoms with Crippen molar-refractivity contribution in [2.75, 3.05) is 0 Å². The van der Waals surface area contributed by atoms with Crippen molar-refractivity contribution in [1.82, 2.24) is 0 Å². The van der Waals surface area contributed by atoms with E-state index in [2.05, 4.69) is 72.8 Å². The van der Waals surface area contributed by atoms with Gasteiger partial charge in [0.15, 0.2) is 0 Å². The van der Waals surface area contributed by atoms with Crippen molar-refractivity contribution in [2.45, 2.75) is 6.42 Å². The van der Waals surface area contributed by atoms with Crippen LogP contribution in [0.4, 0.5) is 17.3 Å². The molecule has 2 aromatic carbocycles. The van der Waals surface area contributed by atoms with Gasteiger partial charge in [-0.15, -0.1) is 0 Å². The number of hydrogen-bond donors (Lipinski definition) is 1. The first-order valence-corrected chi connectivity index (χ1v) is 7.78. The zero-order valence-corrected chi connectivity index (χ0v) is 13.7. The van der Waals surface area contributed by atoms with Gasteiger partial charge in [-0.1, -0.05) is 72.8 Å². The summed E-state index contributed by atoms with van der Waals surface area (Å²) in [5.74, 6) is 0. The molecule has 1 N–H and O–H groups in total. The van der Waals surface area contributed by atoms with Crippen LogP contribution >= 0.6 is 0 Å². The van der Waals surface area contributed by atoms with Crippen LogP contribution in [0, 0.1) is 5.39 Å². The molecule has 3 aliphatic rings. The lowest BCUT2D eigenvalue weighted by Crippen LogP contribution is -2.11. The summed E-state index contributed by atoms with van der Waals surface area (Å²) in [5.41, 5.74) is 8.61. The Kier molecular flexibility index (Phi) is 6.13. The van der Waals surface area contributed by atoms with E-state index in [1.54, 1.807) is 0 Å². The molecule has 132 valence electrons. The van der Waals surface area contributed by atoms with Gasteiger partial charge >= 0.3 is 7.25 Å². The summed E-state index contributed by atoms with van der Waals surface area (Å²) >= 11 is 0. The van der Waals surface area contributed by atoms with E-state index in [0.717, 1.165) is 6.42 Å². The van der Waals surface area contributed by atoms with Crippen molar-refractivity contribution in [2.24, 2.45) is 0 Å². The molecule has 0 saturated carbocycles. The molecule has 2 aromatic rings. The molecule has 0 radical (unpaired) electrons. The number of halogens is 4. The van der Waals surface area contributed by atoms with Gasteiger partial charge in [-0.3, -0.25) is 0 Å². The fourth-order valence-corrected chi connectivity index (χ4v) is 2.74. The Bertz CT molecular complexity index is 819. The molecule has 0 heterocycles. The lowest BCUT2D eigenvalue weighted by Gasteiger charge is -2.10. The second-order valence-corrected chi connectivity index (χ2v) is 5.56. The van der Waals surface area contributed by atoms with Crippen LogP contribution in [0.25, 0.3) is 22.3 Å². The molecule has 0 spiro atoms. The van der Waals surface area contributed by atoms with Gasteiger partial charge in [0.1, 0.15) is 0 Å². The van der Waals surface area contributed by atoms with Crippen LogP contribution < -0.4 is 5.39 Å². The van der Waals surface area contributed by atoms with E-state index in [4.69, 9.17) is 10.8 Å². The molecule has 26 heavy (non-hydrogen) atoms. The van der Waals surface area contributed by atoms with Crippen LogP contribution in [0.2, 0.25) is 0 Å². The van der Waals surface area contributed by atoms with E-state index in [-0.39, 0.29) is 0 Å². The lowest BCUT2D eigenvalue weighted by molar-refractivity contribution is -0.175. The van der Waals surface area contributed by atoms with E-state index in [0.29, 0.717) is 0 Å². The maximum atomic E-state index is 9.75. The molecule has 0 unspecified atom stereocenters. The number of diazo groups is 1. The Morgan fingerprint density at radius 2 is 0.923 bits per heavy atom. The molecule has 0 atom stereocenters. The second kappa shape index (κ2) is 8.30. The minimum Gasteiger partial charge on any atom is -0.418 e. The SMILES string of the molecule is F[B-](F)(F)F.N#[NH+].c1cc2ccc1-2.c1ccc2c(c1)Cc1ccccc1-2. The summed E-state index contributed by atoms with van der Waals surface area (Å²) in [6.07, 6.45) is 1.10. The average molecular weight is 358 g/mol. The third kappa shape index (κ3) is 4.93. The lowest BCUT2D eigenvalue weighted by atomic mass is 9.95. The predicted molar refractivity (Wildman–Crippen MR) is 93.0 cm³/mol. The molecule has 5 rings (SSSR count). The zero-order valence-electron chi connectivity index (χ0n) is 13.7. The van der Waals surface area contributed by atoms with Crippen molar-refractivity contribution in [1.29, 1.82) is 5.39 Å². The summed E-state index contributed by atoms with van der Waals surface area (Å²) in [7, 11) is -6.00. The van der Waals surface area contributed by atoms with Crippen LogP contribution in [0.3, 0.4) is 0 Å². The van der Waals surface area contributed by atoms with Gasteiger partial charge in [0, 0.05) is 0 Å². The highest BCUT2D eigenvalue weighted by Crippen LogP contribution is 2.35. The topological polar surface area (TPSA) is 47.6 Å². The van der Waals surface area contributed by atoms with Crippen molar-refractivity contribution in [3.05, 3.63) is 83.9 Å². The van der Waals surface area contributed by atoms with Crippen LogP contribution in [-0.4, -0.2) is 7.25 Å². The van der Waals surface area contributed by atoms with Crippen LogP contribution in [0.15, 0.2) is 72.8 Å². The number of nitrogens with one attached hydrogen (secondary N) is 1. The highest BCUT2D eigenvalue weighted by Gasteiger charge is 2.20. The molecule has 0 amide bonds. The molecule has 2 nitrogen and oxygen atoms in total. The van der Waals surface area contributed by atoms with Crippen molar-refractivity contribution >= 4 is 7.25 Å². The number of benzene rings is 3. The number of rotatable bonds is 0. The fourth-order valence-electron chi connectivity index (χ4n) is 2.74. The highest BCUT2D eigenvalue weighted by molar-refractivity contribution is 6.50. The number of nitrogens with zero attached hydrogens (tertiary/aromatic N) is 1. The predicted octanol–water partition coefficient (Wildman–Crippen LogP) is 4.50. The summed E-state index contributed by atoms with van der Waals surface area (Å²) < 4.78 is 39.0. The van der Waals surface area contributed by atoms with Gasteiger partial charge < -0.3 is 17.3 Å².